The van der Waals surface area contributed by atoms with Gasteiger partial charge in [-0.25, -0.2) is 8.42 Å². The molecule has 0 saturated heterocycles. The van der Waals surface area contributed by atoms with Crippen molar-refractivity contribution in [3.63, 3.8) is 0 Å². The third kappa shape index (κ3) is 6.57. The van der Waals surface area contributed by atoms with Crippen molar-refractivity contribution in [2.24, 2.45) is 0 Å². The molecule has 1 atom stereocenters. The molecule has 3 rings (SSSR count). The van der Waals surface area contributed by atoms with E-state index < -0.39 is 15.9 Å². The normalized spacial score (nSPS) is 12.4. The molecule has 0 aliphatic rings. The molecule has 3 aromatic rings. The summed E-state index contributed by atoms with van der Waals surface area (Å²) < 4.78 is 34.1. The molecule has 0 unspecified atom stereocenters. The molecule has 0 spiro atoms. The van der Waals surface area contributed by atoms with Gasteiger partial charge in [0.25, 0.3) is 0 Å². The molecule has 0 aromatic heterocycles. The fraction of sp³-hybridized carbons (Fsp3) is 0.208. The molecule has 3 aromatic carbocycles. The predicted octanol–water partition coefficient (Wildman–Crippen LogP) is 5.18. The number of benzene rings is 3. The van der Waals surface area contributed by atoms with Gasteiger partial charge in [-0.3, -0.25) is 4.79 Å². The van der Waals surface area contributed by atoms with Crippen LogP contribution in [-0.4, -0.2) is 32.3 Å². The average molecular weight is 552 g/mol. The Balaban J connectivity index is 1.85. The summed E-state index contributed by atoms with van der Waals surface area (Å²) >= 11 is 9.55. The van der Waals surface area contributed by atoms with E-state index in [4.69, 9.17) is 16.3 Å². The Labute approximate surface area is 207 Å². The molecule has 0 radical (unpaired) electrons. The Morgan fingerprint density at radius 1 is 1.09 bits per heavy atom. The minimum absolute atomic E-state index is 0.0158. The SMILES string of the molecule is COc1ccc(S(=O)(=O)N(CC(=O)N[C@@H](C)c2ccc(Br)cc2)Cc2ccccc2)cc1Cl. The summed E-state index contributed by atoms with van der Waals surface area (Å²) in [5, 5.41) is 3.05. The standard InChI is InChI=1S/C24H24BrClN2O4S/c1-17(19-8-10-20(25)11-9-19)27-24(29)16-28(15-18-6-4-3-5-7-18)33(30,31)21-12-13-23(32-2)22(26)14-21/h3-14,17H,15-16H2,1-2H3,(H,27,29)/t17-/m0/s1. The fourth-order valence-electron chi connectivity index (χ4n) is 3.25. The first-order valence-corrected chi connectivity index (χ1v) is 12.7. The monoisotopic (exact) mass is 550 g/mol. The lowest BCUT2D eigenvalue weighted by atomic mass is 10.1. The van der Waals surface area contributed by atoms with E-state index in [1.807, 2.05) is 61.5 Å². The smallest absolute Gasteiger partial charge is 0.243 e. The zero-order valence-corrected chi connectivity index (χ0v) is 21.3. The highest BCUT2D eigenvalue weighted by atomic mass is 79.9. The van der Waals surface area contributed by atoms with Crippen molar-refractivity contribution < 1.29 is 17.9 Å². The largest absolute Gasteiger partial charge is 0.495 e. The molecule has 0 bridgehead atoms. The summed E-state index contributed by atoms with van der Waals surface area (Å²) in [5.41, 5.74) is 1.67. The maximum Gasteiger partial charge on any atom is 0.243 e. The number of carbonyl (C=O) groups is 1. The van der Waals surface area contributed by atoms with Crippen molar-refractivity contribution in [1.82, 2.24) is 9.62 Å². The summed E-state index contributed by atoms with van der Waals surface area (Å²) in [7, 11) is -2.57. The van der Waals surface area contributed by atoms with Gasteiger partial charge in [0, 0.05) is 11.0 Å². The predicted molar refractivity (Wildman–Crippen MR) is 133 cm³/mol. The zero-order chi connectivity index (χ0) is 24.0. The number of sulfonamides is 1. The van der Waals surface area contributed by atoms with Crippen molar-refractivity contribution in [1.29, 1.82) is 0 Å². The number of methoxy groups -OCH3 is 1. The van der Waals surface area contributed by atoms with Crippen LogP contribution in [0.25, 0.3) is 0 Å². The molecule has 0 saturated carbocycles. The molecular weight excluding hydrogens is 528 g/mol. The third-order valence-electron chi connectivity index (χ3n) is 5.03. The average Bonchev–Trinajstić information content (AvgIpc) is 2.79. The molecule has 0 aliphatic carbocycles. The summed E-state index contributed by atoms with van der Waals surface area (Å²) in [6.07, 6.45) is 0. The number of rotatable bonds is 9. The van der Waals surface area contributed by atoms with E-state index in [9.17, 15) is 13.2 Å². The number of nitrogens with zero attached hydrogens (tertiary/aromatic N) is 1. The lowest BCUT2D eigenvalue weighted by Crippen LogP contribution is -2.41. The van der Waals surface area contributed by atoms with E-state index in [1.165, 1.54) is 25.3 Å². The van der Waals surface area contributed by atoms with Gasteiger partial charge >= 0.3 is 0 Å². The minimum atomic E-state index is -4.02. The van der Waals surface area contributed by atoms with Gasteiger partial charge in [0.1, 0.15) is 5.75 Å². The van der Waals surface area contributed by atoms with Gasteiger partial charge in [-0.05, 0) is 48.4 Å². The van der Waals surface area contributed by atoms with Gasteiger partial charge in [-0.1, -0.05) is 70.0 Å². The third-order valence-corrected chi connectivity index (χ3v) is 7.64. The number of hydrogen-bond acceptors (Lipinski definition) is 4. The Hall–Kier alpha value is -2.39. The quantitative estimate of drug-likeness (QED) is 0.398. The van der Waals surface area contributed by atoms with Gasteiger partial charge in [-0.2, -0.15) is 4.31 Å². The molecule has 0 heterocycles. The van der Waals surface area contributed by atoms with E-state index in [-0.39, 0.29) is 29.0 Å². The molecular formula is C24H24BrClN2O4S. The number of ether oxygens (including phenoxy) is 1. The van der Waals surface area contributed by atoms with Gasteiger partial charge < -0.3 is 10.1 Å². The van der Waals surface area contributed by atoms with Gasteiger partial charge in [0.05, 0.1) is 29.6 Å². The van der Waals surface area contributed by atoms with Crippen molar-refractivity contribution in [2.45, 2.75) is 24.4 Å². The number of nitrogens with one attached hydrogen (secondary N) is 1. The second-order valence-corrected chi connectivity index (χ2v) is 10.7. The van der Waals surface area contributed by atoms with Crippen LogP contribution in [-0.2, 0) is 21.4 Å². The highest BCUT2D eigenvalue weighted by Gasteiger charge is 2.28. The highest BCUT2D eigenvalue weighted by molar-refractivity contribution is 9.10. The summed E-state index contributed by atoms with van der Waals surface area (Å²) in [4.78, 5) is 12.9. The van der Waals surface area contributed by atoms with E-state index >= 15 is 0 Å². The van der Waals surface area contributed by atoms with Crippen LogP contribution in [0.3, 0.4) is 0 Å². The van der Waals surface area contributed by atoms with Gasteiger partial charge in [0.15, 0.2) is 0 Å². The molecule has 1 N–H and O–H groups in total. The maximum atomic E-state index is 13.5. The van der Waals surface area contributed by atoms with E-state index in [2.05, 4.69) is 21.2 Å². The number of halogens is 2. The molecule has 0 fully saturated rings. The second-order valence-electron chi connectivity index (χ2n) is 7.40. The lowest BCUT2D eigenvalue weighted by molar-refractivity contribution is -0.122. The van der Waals surface area contributed by atoms with Crippen LogP contribution in [0.4, 0.5) is 0 Å². The molecule has 33 heavy (non-hydrogen) atoms. The van der Waals surface area contributed by atoms with Crippen molar-refractivity contribution in [3.05, 3.63) is 93.4 Å². The van der Waals surface area contributed by atoms with Crippen LogP contribution < -0.4 is 10.1 Å². The molecule has 1 amide bonds. The molecule has 0 aliphatic heterocycles. The molecule has 6 nitrogen and oxygen atoms in total. The Kier molecular flexibility index (Phi) is 8.53. The van der Waals surface area contributed by atoms with Gasteiger partial charge in [-0.15, -0.1) is 0 Å². The first-order chi connectivity index (χ1) is 15.7. The number of amides is 1. The Morgan fingerprint density at radius 2 is 1.76 bits per heavy atom. The summed E-state index contributed by atoms with van der Waals surface area (Å²) in [5.74, 6) is -0.0455. The fourth-order valence-corrected chi connectivity index (χ4v) is 5.25. The Morgan fingerprint density at radius 3 is 2.36 bits per heavy atom. The first kappa shape index (κ1) is 25.2. The Bertz CT molecular complexity index is 1200. The van der Waals surface area contributed by atoms with E-state index in [0.29, 0.717) is 5.75 Å². The number of carbonyl (C=O) groups excluding carboxylic acids is 1. The van der Waals surface area contributed by atoms with Crippen LogP contribution in [0.15, 0.2) is 82.2 Å². The maximum absolute atomic E-state index is 13.5. The van der Waals surface area contributed by atoms with Crippen LogP contribution in [0.2, 0.25) is 5.02 Å². The summed E-state index contributed by atoms with van der Waals surface area (Å²) in [6, 6.07) is 20.6. The lowest BCUT2D eigenvalue weighted by Gasteiger charge is -2.23. The summed E-state index contributed by atoms with van der Waals surface area (Å²) in [6.45, 7) is 1.54. The molecule has 9 heteroatoms. The number of hydrogen-bond donors (Lipinski definition) is 1. The molecule has 174 valence electrons. The van der Waals surface area contributed by atoms with E-state index in [1.54, 1.807) is 0 Å². The van der Waals surface area contributed by atoms with E-state index in [0.717, 1.165) is 19.9 Å². The van der Waals surface area contributed by atoms with Crippen molar-refractivity contribution in [3.8, 4) is 5.75 Å². The van der Waals surface area contributed by atoms with Crippen molar-refractivity contribution >= 4 is 43.5 Å². The second kappa shape index (κ2) is 11.2. The topological polar surface area (TPSA) is 75.7 Å². The van der Waals surface area contributed by atoms with Crippen molar-refractivity contribution in [2.75, 3.05) is 13.7 Å². The zero-order valence-electron chi connectivity index (χ0n) is 18.2. The van der Waals surface area contributed by atoms with Crippen LogP contribution in [0, 0.1) is 0 Å². The van der Waals surface area contributed by atoms with Gasteiger partial charge in [0.2, 0.25) is 15.9 Å². The minimum Gasteiger partial charge on any atom is -0.495 e. The first-order valence-electron chi connectivity index (χ1n) is 10.1. The van der Waals surface area contributed by atoms with Crippen LogP contribution >= 0.6 is 27.5 Å². The highest BCUT2D eigenvalue weighted by Crippen LogP contribution is 2.29. The van der Waals surface area contributed by atoms with Crippen LogP contribution in [0.1, 0.15) is 24.1 Å². The van der Waals surface area contributed by atoms with Crippen LogP contribution in [0.5, 0.6) is 5.75 Å².